The van der Waals surface area contributed by atoms with Crippen LogP contribution in [-0.4, -0.2) is 42.3 Å². The molecule has 1 saturated heterocycles. The maximum atomic E-state index is 12.8. The Morgan fingerprint density at radius 2 is 1.96 bits per heavy atom. The van der Waals surface area contributed by atoms with Crippen molar-refractivity contribution in [2.24, 2.45) is 5.73 Å². The van der Waals surface area contributed by atoms with Crippen LogP contribution in [-0.2, 0) is 0 Å². The van der Waals surface area contributed by atoms with Gasteiger partial charge in [-0.05, 0) is 49.6 Å². The second kappa shape index (κ2) is 9.10. The Morgan fingerprint density at radius 3 is 2.69 bits per heavy atom. The fourth-order valence-electron chi connectivity index (χ4n) is 3.12. The van der Waals surface area contributed by atoms with Crippen molar-refractivity contribution in [2.45, 2.75) is 29.9 Å². The van der Waals surface area contributed by atoms with E-state index >= 15 is 0 Å². The molecule has 1 aliphatic heterocycles. The Morgan fingerprint density at radius 1 is 1.19 bits per heavy atom. The van der Waals surface area contributed by atoms with Crippen LogP contribution in [0.15, 0.2) is 53.4 Å². The van der Waals surface area contributed by atoms with E-state index in [9.17, 15) is 4.79 Å². The molecule has 0 spiro atoms. The third kappa shape index (κ3) is 4.80. The predicted octanol–water partition coefficient (Wildman–Crippen LogP) is 3.73. The first-order chi connectivity index (χ1) is 12.7. The maximum Gasteiger partial charge on any atom is 0.253 e. The molecule has 2 N–H and O–H groups in total. The van der Waals surface area contributed by atoms with Crippen LogP contribution in [0.2, 0.25) is 0 Å². The number of nitrogens with zero attached hydrogens (tertiary/aromatic N) is 1. The highest BCUT2D eigenvalue weighted by Crippen LogP contribution is 2.32. The molecule has 26 heavy (non-hydrogen) atoms. The van der Waals surface area contributed by atoms with E-state index in [1.165, 1.54) is 10.5 Å². The van der Waals surface area contributed by atoms with Crippen LogP contribution >= 0.6 is 11.8 Å². The molecule has 1 amide bonds. The minimum absolute atomic E-state index is 0.0857. The lowest BCUT2D eigenvalue weighted by atomic mass is 10.1. The first kappa shape index (κ1) is 18.8. The van der Waals surface area contributed by atoms with E-state index in [1.54, 1.807) is 0 Å². The fraction of sp³-hybridized carbons (Fsp3) is 0.381. The van der Waals surface area contributed by atoms with Crippen molar-refractivity contribution in [3.8, 4) is 5.75 Å². The van der Waals surface area contributed by atoms with Crippen molar-refractivity contribution in [3.05, 3.63) is 59.7 Å². The van der Waals surface area contributed by atoms with Gasteiger partial charge in [-0.25, -0.2) is 0 Å². The monoisotopic (exact) mass is 370 g/mol. The summed E-state index contributed by atoms with van der Waals surface area (Å²) in [7, 11) is 0. The Balaban J connectivity index is 1.56. The number of hydrogen-bond donors (Lipinski definition) is 1. The van der Waals surface area contributed by atoms with Gasteiger partial charge in [-0.2, -0.15) is 0 Å². The highest BCUT2D eigenvalue weighted by molar-refractivity contribution is 8.00. The van der Waals surface area contributed by atoms with E-state index in [4.69, 9.17) is 10.5 Å². The molecule has 0 unspecified atom stereocenters. The topological polar surface area (TPSA) is 55.6 Å². The highest BCUT2D eigenvalue weighted by atomic mass is 32.2. The number of amides is 1. The molecule has 5 heteroatoms. The number of carbonyl (C=O) groups excluding carboxylic acids is 1. The van der Waals surface area contributed by atoms with E-state index in [0.717, 1.165) is 25.9 Å². The molecule has 2 aromatic rings. The van der Waals surface area contributed by atoms with Crippen LogP contribution in [0.5, 0.6) is 5.75 Å². The summed E-state index contributed by atoms with van der Waals surface area (Å²) in [6.07, 6.45) is 2.04. The van der Waals surface area contributed by atoms with Gasteiger partial charge in [-0.15, -0.1) is 11.8 Å². The van der Waals surface area contributed by atoms with Gasteiger partial charge in [0.05, 0.1) is 0 Å². The molecular formula is C21H26N2O2S. The van der Waals surface area contributed by atoms with E-state index in [-0.39, 0.29) is 5.91 Å². The summed E-state index contributed by atoms with van der Waals surface area (Å²) in [5.74, 6) is 0.786. The molecule has 0 bridgehead atoms. The van der Waals surface area contributed by atoms with Crippen molar-refractivity contribution in [2.75, 3.05) is 26.2 Å². The zero-order valence-corrected chi connectivity index (χ0v) is 16.0. The number of benzene rings is 2. The van der Waals surface area contributed by atoms with Crippen molar-refractivity contribution in [1.29, 1.82) is 0 Å². The number of likely N-dealkylation sites (tertiary alicyclic amines) is 1. The molecule has 1 fully saturated rings. The molecule has 3 rings (SSSR count). The number of piperidine rings is 1. The number of aryl methyl sites for hydroxylation is 1. The van der Waals surface area contributed by atoms with Gasteiger partial charge in [0.25, 0.3) is 5.91 Å². The Kier molecular flexibility index (Phi) is 6.58. The summed E-state index contributed by atoms with van der Waals surface area (Å²) in [5, 5.41) is 0.569. The van der Waals surface area contributed by atoms with Crippen LogP contribution in [0, 0.1) is 6.92 Å². The smallest absolute Gasteiger partial charge is 0.253 e. The summed E-state index contributed by atoms with van der Waals surface area (Å²) < 4.78 is 5.53. The van der Waals surface area contributed by atoms with E-state index in [0.29, 0.717) is 29.7 Å². The van der Waals surface area contributed by atoms with Crippen molar-refractivity contribution in [1.82, 2.24) is 4.90 Å². The number of hydrogen-bond acceptors (Lipinski definition) is 4. The molecule has 2 aromatic carbocycles. The van der Waals surface area contributed by atoms with Gasteiger partial charge in [0.15, 0.2) is 0 Å². The van der Waals surface area contributed by atoms with E-state index < -0.39 is 0 Å². The molecule has 0 atom stereocenters. The van der Waals surface area contributed by atoms with Crippen LogP contribution in [0.25, 0.3) is 0 Å². The molecule has 1 aliphatic rings. The van der Waals surface area contributed by atoms with Crippen LogP contribution in [0.1, 0.15) is 28.8 Å². The number of nitrogens with two attached hydrogens (primary N) is 1. The largest absolute Gasteiger partial charge is 0.492 e. The minimum atomic E-state index is 0.0857. The van der Waals surface area contributed by atoms with E-state index in [2.05, 4.69) is 31.2 Å². The third-order valence-electron chi connectivity index (χ3n) is 4.58. The zero-order chi connectivity index (χ0) is 18.4. The maximum absolute atomic E-state index is 12.8. The summed E-state index contributed by atoms with van der Waals surface area (Å²) in [5.41, 5.74) is 7.48. The average Bonchev–Trinajstić information content (AvgIpc) is 2.68. The minimum Gasteiger partial charge on any atom is -0.492 e. The molecule has 4 nitrogen and oxygen atoms in total. The Labute approximate surface area is 159 Å². The summed E-state index contributed by atoms with van der Waals surface area (Å²) in [4.78, 5) is 16.1. The average molecular weight is 371 g/mol. The lowest BCUT2D eigenvalue weighted by Gasteiger charge is -2.32. The number of carbonyl (C=O) groups is 1. The predicted molar refractivity (Wildman–Crippen MR) is 107 cm³/mol. The lowest BCUT2D eigenvalue weighted by Crippen LogP contribution is -2.39. The quantitative estimate of drug-likeness (QED) is 0.842. The SMILES string of the molecule is Cc1ccccc1SC1CCN(C(=O)c2cccc(OCCN)c2)CC1. The molecule has 0 radical (unpaired) electrons. The standard InChI is InChI=1S/C21H26N2O2S/c1-16-5-2-3-8-20(16)26-19-9-12-23(13-10-19)21(24)17-6-4-7-18(15-17)25-14-11-22/h2-8,15,19H,9-14,22H2,1H3. The van der Waals surface area contributed by atoms with Crippen LogP contribution in [0.3, 0.4) is 0 Å². The molecule has 0 saturated carbocycles. The third-order valence-corrected chi connectivity index (χ3v) is 6.10. The first-order valence-electron chi connectivity index (χ1n) is 9.12. The van der Waals surface area contributed by atoms with Gasteiger partial charge in [0.1, 0.15) is 12.4 Å². The second-order valence-electron chi connectivity index (χ2n) is 6.54. The Hall–Kier alpha value is -1.98. The van der Waals surface area contributed by atoms with Gasteiger partial charge in [0, 0.05) is 35.3 Å². The summed E-state index contributed by atoms with van der Waals surface area (Å²) in [6.45, 7) is 4.68. The molecule has 0 aliphatic carbocycles. The molecule has 138 valence electrons. The van der Waals surface area contributed by atoms with Gasteiger partial charge in [0.2, 0.25) is 0 Å². The van der Waals surface area contributed by atoms with Gasteiger partial charge in [-0.3, -0.25) is 4.79 Å². The summed E-state index contributed by atoms with van der Waals surface area (Å²) >= 11 is 1.94. The van der Waals surface area contributed by atoms with E-state index in [1.807, 2.05) is 40.9 Å². The zero-order valence-electron chi connectivity index (χ0n) is 15.2. The van der Waals surface area contributed by atoms with Crippen LogP contribution in [0.4, 0.5) is 0 Å². The number of ether oxygens (including phenoxy) is 1. The van der Waals surface area contributed by atoms with Crippen molar-refractivity contribution < 1.29 is 9.53 Å². The highest BCUT2D eigenvalue weighted by Gasteiger charge is 2.24. The fourth-order valence-corrected chi connectivity index (χ4v) is 4.34. The number of rotatable bonds is 6. The van der Waals surface area contributed by atoms with Crippen molar-refractivity contribution in [3.63, 3.8) is 0 Å². The number of thioether (sulfide) groups is 1. The van der Waals surface area contributed by atoms with Crippen molar-refractivity contribution >= 4 is 17.7 Å². The normalized spacial score (nSPS) is 15.1. The van der Waals surface area contributed by atoms with Gasteiger partial charge in [-0.1, -0.05) is 24.3 Å². The first-order valence-corrected chi connectivity index (χ1v) is 10.00. The van der Waals surface area contributed by atoms with Gasteiger partial charge < -0.3 is 15.4 Å². The Bertz CT molecular complexity index is 742. The molecular weight excluding hydrogens is 344 g/mol. The molecule has 1 heterocycles. The van der Waals surface area contributed by atoms with Crippen LogP contribution < -0.4 is 10.5 Å². The second-order valence-corrected chi connectivity index (χ2v) is 7.88. The lowest BCUT2D eigenvalue weighted by molar-refractivity contribution is 0.0727. The van der Waals surface area contributed by atoms with Gasteiger partial charge >= 0.3 is 0 Å². The molecule has 0 aromatic heterocycles. The summed E-state index contributed by atoms with van der Waals surface area (Å²) in [6, 6.07) is 15.9.